The van der Waals surface area contributed by atoms with Crippen molar-refractivity contribution in [1.82, 2.24) is 5.32 Å². The summed E-state index contributed by atoms with van der Waals surface area (Å²) < 4.78 is 34.7. The number of nitrogens with zero attached hydrogens (tertiary/aromatic N) is 1. The predicted molar refractivity (Wildman–Crippen MR) is 110 cm³/mol. The number of halogens is 2. The number of Topliss-reactive ketones (excluding diaryl/α,β-unsaturated/α-hetero) is 1. The van der Waals surface area contributed by atoms with E-state index in [1.54, 1.807) is 12.1 Å². The standard InChI is InChI=1S/C23H26F2N2O2/c1-2-3-13-29-19-9-6-8-18(14-19)23(24,25)16-26-15-21(28)22-20-10-5-4-7-17(20)11-12-27-22/h4-10,14,26H,2-3,11-13,15-16H2,1H3. The van der Waals surface area contributed by atoms with Crippen LogP contribution in [0.1, 0.15) is 36.5 Å². The molecule has 0 unspecified atom stereocenters. The van der Waals surface area contributed by atoms with Crippen LogP contribution in [0.4, 0.5) is 8.78 Å². The zero-order valence-corrected chi connectivity index (χ0v) is 16.6. The fraction of sp³-hybridized carbons (Fsp3) is 0.391. The summed E-state index contributed by atoms with van der Waals surface area (Å²) in [6, 6.07) is 13.6. The van der Waals surface area contributed by atoms with Crippen molar-refractivity contribution in [3.63, 3.8) is 0 Å². The highest BCUT2D eigenvalue weighted by molar-refractivity contribution is 6.47. The Morgan fingerprint density at radius 1 is 1.21 bits per heavy atom. The highest BCUT2D eigenvalue weighted by Crippen LogP contribution is 2.29. The third-order valence-corrected chi connectivity index (χ3v) is 4.84. The van der Waals surface area contributed by atoms with E-state index in [1.165, 1.54) is 12.1 Å². The summed E-state index contributed by atoms with van der Waals surface area (Å²) in [5, 5.41) is 2.60. The molecule has 2 aromatic carbocycles. The first-order chi connectivity index (χ1) is 14.0. The van der Waals surface area contributed by atoms with Crippen molar-refractivity contribution < 1.29 is 18.3 Å². The number of benzene rings is 2. The molecule has 0 fully saturated rings. The van der Waals surface area contributed by atoms with Crippen molar-refractivity contribution in [2.75, 3.05) is 26.2 Å². The lowest BCUT2D eigenvalue weighted by atomic mass is 9.95. The smallest absolute Gasteiger partial charge is 0.285 e. The second-order valence-electron chi connectivity index (χ2n) is 7.10. The van der Waals surface area contributed by atoms with Crippen molar-refractivity contribution >= 4 is 11.5 Å². The average molecular weight is 400 g/mol. The van der Waals surface area contributed by atoms with Crippen LogP contribution in [0.2, 0.25) is 0 Å². The summed E-state index contributed by atoms with van der Waals surface area (Å²) in [5.41, 5.74) is 2.10. The van der Waals surface area contributed by atoms with E-state index in [9.17, 15) is 13.6 Å². The van der Waals surface area contributed by atoms with Crippen LogP contribution in [-0.4, -0.2) is 37.7 Å². The molecule has 0 spiro atoms. The van der Waals surface area contributed by atoms with E-state index in [-0.39, 0.29) is 17.9 Å². The quantitative estimate of drug-likeness (QED) is 0.609. The molecule has 3 rings (SSSR count). The average Bonchev–Trinajstić information content (AvgIpc) is 2.73. The van der Waals surface area contributed by atoms with Gasteiger partial charge in [-0.15, -0.1) is 0 Å². The lowest BCUT2D eigenvalue weighted by Crippen LogP contribution is -2.37. The van der Waals surface area contributed by atoms with Gasteiger partial charge in [-0.25, -0.2) is 0 Å². The number of ketones is 1. The molecule has 1 heterocycles. The van der Waals surface area contributed by atoms with E-state index in [2.05, 4.69) is 10.3 Å². The molecule has 0 atom stereocenters. The molecule has 1 N–H and O–H groups in total. The van der Waals surface area contributed by atoms with Crippen molar-refractivity contribution in [2.45, 2.75) is 32.1 Å². The third-order valence-electron chi connectivity index (χ3n) is 4.84. The van der Waals surface area contributed by atoms with Gasteiger partial charge in [-0.2, -0.15) is 8.78 Å². The molecule has 2 aromatic rings. The summed E-state index contributed by atoms with van der Waals surface area (Å²) in [7, 11) is 0. The number of carbonyl (C=O) groups excluding carboxylic acids is 1. The summed E-state index contributed by atoms with van der Waals surface area (Å²) in [5.74, 6) is -2.96. The number of alkyl halides is 2. The summed E-state index contributed by atoms with van der Waals surface area (Å²) in [6.07, 6.45) is 2.63. The molecule has 0 aromatic heterocycles. The van der Waals surface area contributed by atoms with Crippen molar-refractivity contribution in [3.8, 4) is 5.75 Å². The van der Waals surface area contributed by atoms with Crippen molar-refractivity contribution in [3.05, 3.63) is 65.2 Å². The molecule has 6 heteroatoms. The van der Waals surface area contributed by atoms with E-state index >= 15 is 0 Å². The molecular weight excluding hydrogens is 374 g/mol. The van der Waals surface area contributed by atoms with Gasteiger partial charge < -0.3 is 10.1 Å². The minimum absolute atomic E-state index is 0.133. The molecule has 0 saturated carbocycles. The number of rotatable bonds is 10. The van der Waals surface area contributed by atoms with E-state index in [0.717, 1.165) is 30.4 Å². The Kier molecular flexibility index (Phi) is 7.09. The van der Waals surface area contributed by atoms with E-state index in [0.29, 0.717) is 24.6 Å². The number of unbranched alkanes of at least 4 members (excludes halogenated alkanes) is 1. The summed E-state index contributed by atoms with van der Waals surface area (Å²) in [6.45, 7) is 2.26. The number of aliphatic imine (C=N–C) groups is 1. The zero-order chi connectivity index (χ0) is 20.7. The highest BCUT2D eigenvalue weighted by atomic mass is 19.3. The number of ether oxygens (including phenoxy) is 1. The fourth-order valence-electron chi connectivity index (χ4n) is 3.25. The van der Waals surface area contributed by atoms with Crippen LogP contribution in [-0.2, 0) is 17.1 Å². The first kappa shape index (κ1) is 21.1. The first-order valence-electron chi connectivity index (χ1n) is 9.99. The van der Waals surface area contributed by atoms with Crippen LogP contribution in [0, 0.1) is 0 Å². The normalized spacial score (nSPS) is 13.6. The molecule has 1 aliphatic heterocycles. The van der Waals surface area contributed by atoms with Crippen LogP contribution in [0.3, 0.4) is 0 Å². The van der Waals surface area contributed by atoms with E-state index in [1.807, 2.05) is 31.2 Å². The minimum atomic E-state index is -3.11. The Balaban J connectivity index is 1.57. The minimum Gasteiger partial charge on any atom is -0.494 e. The second-order valence-corrected chi connectivity index (χ2v) is 7.10. The van der Waals surface area contributed by atoms with Crippen LogP contribution >= 0.6 is 0 Å². The van der Waals surface area contributed by atoms with Crippen LogP contribution < -0.4 is 10.1 Å². The molecule has 0 amide bonds. The van der Waals surface area contributed by atoms with Gasteiger partial charge in [-0.05, 0) is 30.5 Å². The molecule has 0 bridgehead atoms. The van der Waals surface area contributed by atoms with E-state index < -0.39 is 12.5 Å². The monoisotopic (exact) mass is 400 g/mol. The van der Waals surface area contributed by atoms with Crippen molar-refractivity contribution in [1.29, 1.82) is 0 Å². The predicted octanol–water partition coefficient (Wildman–Crippen LogP) is 4.16. The van der Waals surface area contributed by atoms with Gasteiger partial charge in [0.25, 0.3) is 5.92 Å². The summed E-state index contributed by atoms with van der Waals surface area (Å²) >= 11 is 0. The molecular formula is C23H26F2N2O2. The molecule has 0 radical (unpaired) electrons. The number of hydrogen-bond acceptors (Lipinski definition) is 4. The van der Waals surface area contributed by atoms with E-state index in [4.69, 9.17) is 4.74 Å². The van der Waals surface area contributed by atoms with Gasteiger partial charge in [0.2, 0.25) is 0 Å². The topological polar surface area (TPSA) is 50.7 Å². The van der Waals surface area contributed by atoms with Gasteiger partial charge in [-0.3, -0.25) is 9.79 Å². The number of carbonyl (C=O) groups is 1. The Labute approximate surface area is 170 Å². The Bertz CT molecular complexity index is 881. The molecule has 29 heavy (non-hydrogen) atoms. The molecule has 154 valence electrons. The third kappa shape index (κ3) is 5.48. The first-order valence-corrected chi connectivity index (χ1v) is 9.99. The highest BCUT2D eigenvalue weighted by Gasteiger charge is 2.32. The van der Waals surface area contributed by atoms with Gasteiger partial charge >= 0.3 is 0 Å². The fourth-order valence-corrected chi connectivity index (χ4v) is 3.25. The van der Waals surface area contributed by atoms with Crippen LogP contribution in [0.15, 0.2) is 53.5 Å². The van der Waals surface area contributed by atoms with Gasteiger partial charge in [0, 0.05) is 17.7 Å². The van der Waals surface area contributed by atoms with Crippen LogP contribution in [0.25, 0.3) is 0 Å². The SMILES string of the molecule is CCCCOc1cccc(C(F)(F)CNCC(=O)C2=NCCc3ccccc32)c1. The number of hydrogen-bond donors (Lipinski definition) is 1. The maximum absolute atomic E-state index is 14.6. The maximum atomic E-state index is 14.6. The molecule has 1 aliphatic rings. The lowest BCUT2D eigenvalue weighted by molar-refractivity contribution is -0.112. The number of fused-ring (bicyclic) bond motifs is 1. The van der Waals surface area contributed by atoms with Gasteiger partial charge in [0.1, 0.15) is 11.5 Å². The summed E-state index contributed by atoms with van der Waals surface area (Å²) in [4.78, 5) is 16.8. The molecule has 0 aliphatic carbocycles. The lowest BCUT2D eigenvalue weighted by Gasteiger charge is -2.19. The molecule has 4 nitrogen and oxygen atoms in total. The largest absolute Gasteiger partial charge is 0.494 e. The Morgan fingerprint density at radius 2 is 2.03 bits per heavy atom. The molecule has 0 saturated heterocycles. The second kappa shape index (κ2) is 9.74. The van der Waals surface area contributed by atoms with Gasteiger partial charge in [0.05, 0.1) is 19.7 Å². The maximum Gasteiger partial charge on any atom is 0.285 e. The number of nitrogens with one attached hydrogen (secondary N) is 1. The Morgan fingerprint density at radius 3 is 2.86 bits per heavy atom. The van der Waals surface area contributed by atoms with Gasteiger partial charge in [0.15, 0.2) is 5.78 Å². The van der Waals surface area contributed by atoms with Crippen molar-refractivity contribution in [2.24, 2.45) is 4.99 Å². The zero-order valence-electron chi connectivity index (χ0n) is 16.6. The van der Waals surface area contributed by atoms with Gasteiger partial charge in [-0.1, -0.05) is 49.7 Å². The Hall–Kier alpha value is -2.60. The van der Waals surface area contributed by atoms with Crippen LogP contribution in [0.5, 0.6) is 5.75 Å².